The molecule has 0 bridgehead atoms. The molecule has 5 nitrogen and oxygen atoms in total. The lowest BCUT2D eigenvalue weighted by atomic mass is 10.1. The first-order chi connectivity index (χ1) is 11.6. The first kappa shape index (κ1) is 16.4. The van der Waals surface area contributed by atoms with Crippen molar-refractivity contribution in [3.05, 3.63) is 59.7 Å². The highest BCUT2D eigenvalue weighted by atomic mass is 19.1. The van der Waals surface area contributed by atoms with Crippen LogP contribution in [0.2, 0.25) is 0 Å². The van der Waals surface area contributed by atoms with Crippen molar-refractivity contribution in [2.45, 2.75) is 13.0 Å². The van der Waals surface area contributed by atoms with Crippen LogP contribution in [0.25, 0.3) is 0 Å². The van der Waals surface area contributed by atoms with Crippen LogP contribution in [0, 0.1) is 5.82 Å². The number of nitrogens with zero attached hydrogens (tertiary/aromatic N) is 3. The number of benzene rings is 1. The fraction of sp³-hybridized carbons (Fsp3) is 0.333. The van der Waals surface area contributed by atoms with Crippen molar-refractivity contribution in [3.8, 4) is 0 Å². The minimum Gasteiger partial charge on any atom is -0.368 e. The van der Waals surface area contributed by atoms with E-state index in [0.29, 0.717) is 18.8 Å². The zero-order valence-corrected chi connectivity index (χ0v) is 13.7. The number of carbonyl (C=O) groups excluding carboxylic acids is 1. The minimum absolute atomic E-state index is 0.0220. The SMILES string of the molecule is CC(c1cccnc1)N1CCN(c2cccc(F)c2C(N)=O)CC1. The van der Waals surface area contributed by atoms with Crippen molar-refractivity contribution in [1.82, 2.24) is 9.88 Å². The standard InChI is InChI=1S/C18H21FN4O/c1-13(14-4-3-7-21-12-14)22-8-10-23(11-9-22)16-6-2-5-15(19)17(16)18(20)24/h2-7,12-13H,8-11H2,1H3,(H2,20,24). The summed E-state index contributed by atoms with van der Waals surface area (Å²) in [5.41, 5.74) is 7.08. The van der Waals surface area contributed by atoms with Gasteiger partial charge in [0, 0.05) is 44.6 Å². The maximum absolute atomic E-state index is 13.9. The van der Waals surface area contributed by atoms with E-state index in [-0.39, 0.29) is 11.6 Å². The summed E-state index contributed by atoms with van der Waals surface area (Å²) in [4.78, 5) is 20.1. The summed E-state index contributed by atoms with van der Waals surface area (Å²) < 4.78 is 13.9. The van der Waals surface area contributed by atoms with E-state index in [1.54, 1.807) is 18.3 Å². The summed E-state index contributed by atoms with van der Waals surface area (Å²) >= 11 is 0. The second-order valence-electron chi connectivity index (χ2n) is 5.98. The van der Waals surface area contributed by atoms with E-state index in [9.17, 15) is 9.18 Å². The van der Waals surface area contributed by atoms with Crippen LogP contribution in [0.4, 0.5) is 10.1 Å². The molecule has 1 atom stereocenters. The molecule has 2 aromatic rings. The molecule has 1 unspecified atom stereocenters. The quantitative estimate of drug-likeness (QED) is 0.935. The number of primary amides is 1. The van der Waals surface area contributed by atoms with Crippen LogP contribution in [0.3, 0.4) is 0 Å². The maximum atomic E-state index is 13.9. The second kappa shape index (κ2) is 6.97. The Balaban J connectivity index is 1.72. The fourth-order valence-electron chi connectivity index (χ4n) is 3.20. The second-order valence-corrected chi connectivity index (χ2v) is 5.98. The highest BCUT2D eigenvalue weighted by Crippen LogP contribution is 2.26. The van der Waals surface area contributed by atoms with Gasteiger partial charge >= 0.3 is 0 Å². The van der Waals surface area contributed by atoms with Gasteiger partial charge < -0.3 is 10.6 Å². The number of anilines is 1. The highest BCUT2D eigenvalue weighted by Gasteiger charge is 2.25. The Morgan fingerprint density at radius 1 is 1.21 bits per heavy atom. The topological polar surface area (TPSA) is 62.5 Å². The number of pyridine rings is 1. The molecular formula is C18H21FN4O. The van der Waals surface area contributed by atoms with Crippen LogP contribution in [0.5, 0.6) is 0 Å². The number of nitrogens with two attached hydrogens (primary N) is 1. The molecule has 1 aromatic heterocycles. The summed E-state index contributed by atoms with van der Waals surface area (Å²) in [7, 11) is 0. The number of rotatable bonds is 4. The molecule has 126 valence electrons. The van der Waals surface area contributed by atoms with Gasteiger partial charge in [-0.1, -0.05) is 12.1 Å². The van der Waals surface area contributed by atoms with Crippen molar-refractivity contribution in [2.24, 2.45) is 5.73 Å². The number of aromatic nitrogens is 1. The lowest BCUT2D eigenvalue weighted by molar-refractivity contribution is 0.0996. The molecule has 6 heteroatoms. The zero-order chi connectivity index (χ0) is 17.1. The largest absolute Gasteiger partial charge is 0.368 e. The van der Waals surface area contributed by atoms with Crippen LogP contribution in [0.1, 0.15) is 28.9 Å². The van der Waals surface area contributed by atoms with Gasteiger partial charge in [-0.25, -0.2) is 4.39 Å². The molecule has 2 N–H and O–H groups in total. The monoisotopic (exact) mass is 328 g/mol. The van der Waals surface area contributed by atoms with Crippen LogP contribution < -0.4 is 10.6 Å². The molecule has 1 aromatic carbocycles. The highest BCUT2D eigenvalue weighted by molar-refractivity contribution is 5.99. The van der Waals surface area contributed by atoms with Gasteiger partial charge in [-0.05, 0) is 30.7 Å². The molecule has 24 heavy (non-hydrogen) atoms. The number of hydrogen-bond acceptors (Lipinski definition) is 4. The van der Waals surface area contributed by atoms with Crippen LogP contribution in [0.15, 0.2) is 42.7 Å². The smallest absolute Gasteiger partial charge is 0.253 e. The Labute approximate surface area is 140 Å². The first-order valence-electron chi connectivity index (χ1n) is 8.05. The van der Waals surface area contributed by atoms with Gasteiger partial charge in [0.05, 0.1) is 11.3 Å². The molecule has 0 spiro atoms. The van der Waals surface area contributed by atoms with Gasteiger partial charge in [-0.15, -0.1) is 0 Å². The molecule has 1 aliphatic heterocycles. The van der Waals surface area contributed by atoms with E-state index in [0.717, 1.165) is 13.1 Å². The Hall–Kier alpha value is -2.47. The molecule has 1 fully saturated rings. The van der Waals surface area contributed by atoms with Crippen LogP contribution in [-0.2, 0) is 0 Å². The van der Waals surface area contributed by atoms with E-state index in [1.165, 1.54) is 11.6 Å². The molecule has 0 saturated carbocycles. The van der Waals surface area contributed by atoms with Crippen molar-refractivity contribution < 1.29 is 9.18 Å². The molecule has 0 aliphatic carbocycles. The Bertz CT molecular complexity index is 714. The summed E-state index contributed by atoms with van der Waals surface area (Å²) in [5, 5.41) is 0. The molecule has 1 amide bonds. The third-order valence-corrected chi connectivity index (χ3v) is 4.61. The van der Waals surface area contributed by atoms with Gasteiger partial charge in [0.1, 0.15) is 5.82 Å². The van der Waals surface area contributed by atoms with E-state index in [4.69, 9.17) is 5.73 Å². The first-order valence-corrected chi connectivity index (χ1v) is 8.05. The Morgan fingerprint density at radius 3 is 2.58 bits per heavy atom. The van der Waals surface area contributed by atoms with Gasteiger partial charge in [0.25, 0.3) is 5.91 Å². The van der Waals surface area contributed by atoms with Crippen molar-refractivity contribution in [3.63, 3.8) is 0 Å². The summed E-state index contributed by atoms with van der Waals surface area (Å²) in [6, 6.07) is 8.91. The predicted octanol–water partition coefficient (Wildman–Crippen LogP) is 2.20. The lowest BCUT2D eigenvalue weighted by Crippen LogP contribution is -2.47. The van der Waals surface area contributed by atoms with Crippen LogP contribution in [-0.4, -0.2) is 42.0 Å². The molecule has 1 saturated heterocycles. The zero-order valence-electron chi connectivity index (χ0n) is 13.7. The molecule has 3 rings (SSSR count). The van der Waals surface area contributed by atoms with Gasteiger partial charge in [0.2, 0.25) is 0 Å². The van der Waals surface area contributed by atoms with Crippen molar-refractivity contribution in [1.29, 1.82) is 0 Å². The Kier molecular flexibility index (Phi) is 4.76. The number of hydrogen-bond donors (Lipinski definition) is 1. The summed E-state index contributed by atoms with van der Waals surface area (Å²) in [5.74, 6) is -1.29. The Morgan fingerprint density at radius 2 is 1.96 bits per heavy atom. The number of piperazine rings is 1. The number of halogens is 1. The third kappa shape index (κ3) is 3.23. The van der Waals surface area contributed by atoms with E-state index < -0.39 is 11.7 Å². The minimum atomic E-state index is -0.728. The fourth-order valence-corrected chi connectivity index (χ4v) is 3.20. The van der Waals surface area contributed by atoms with E-state index in [1.807, 2.05) is 17.2 Å². The average Bonchev–Trinajstić information content (AvgIpc) is 2.61. The van der Waals surface area contributed by atoms with Gasteiger partial charge in [-0.3, -0.25) is 14.7 Å². The van der Waals surface area contributed by atoms with Crippen molar-refractivity contribution in [2.75, 3.05) is 31.1 Å². The predicted molar refractivity (Wildman–Crippen MR) is 91.4 cm³/mol. The molecule has 2 heterocycles. The summed E-state index contributed by atoms with van der Waals surface area (Å²) in [6.45, 7) is 5.24. The third-order valence-electron chi connectivity index (χ3n) is 4.61. The van der Waals surface area contributed by atoms with Gasteiger partial charge in [-0.2, -0.15) is 0 Å². The number of carbonyl (C=O) groups is 1. The molecular weight excluding hydrogens is 307 g/mol. The lowest BCUT2D eigenvalue weighted by Gasteiger charge is -2.39. The average molecular weight is 328 g/mol. The molecule has 0 radical (unpaired) electrons. The summed E-state index contributed by atoms with van der Waals surface area (Å²) in [6.07, 6.45) is 3.65. The van der Waals surface area contributed by atoms with Gasteiger partial charge in [0.15, 0.2) is 0 Å². The van der Waals surface area contributed by atoms with E-state index in [2.05, 4.69) is 22.9 Å². The normalized spacial score (nSPS) is 16.8. The number of amides is 1. The van der Waals surface area contributed by atoms with Crippen LogP contribution >= 0.6 is 0 Å². The van der Waals surface area contributed by atoms with E-state index >= 15 is 0 Å². The molecule has 1 aliphatic rings. The maximum Gasteiger partial charge on any atom is 0.253 e. The van der Waals surface area contributed by atoms with Crippen molar-refractivity contribution >= 4 is 11.6 Å².